The number of hydrogen-bond donors (Lipinski definition) is 0. The Morgan fingerprint density at radius 3 is 2.73 bits per heavy atom. The van der Waals surface area contributed by atoms with E-state index in [0.29, 0.717) is 29.5 Å². The van der Waals surface area contributed by atoms with Gasteiger partial charge in [0.1, 0.15) is 5.82 Å². The molecule has 3 rings (SSSR count). The quantitative estimate of drug-likeness (QED) is 0.813. The minimum absolute atomic E-state index is 0.235. The lowest BCUT2D eigenvalue weighted by Crippen LogP contribution is -2.31. The molecular formula is C16H18FN3O2. The predicted molar refractivity (Wildman–Crippen MR) is 81.9 cm³/mol. The average molecular weight is 303 g/mol. The molecule has 0 saturated heterocycles. The molecule has 6 heteroatoms. The van der Waals surface area contributed by atoms with Gasteiger partial charge < -0.3 is 14.2 Å². The van der Waals surface area contributed by atoms with Crippen molar-refractivity contribution in [1.82, 2.24) is 4.98 Å². The van der Waals surface area contributed by atoms with Gasteiger partial charge in [0, 0.05) is 27.1 Å². The molecule has 0 fully saturated rings. The Bertz CT molecular complexity index is 726. The van der Waals surface area contributed by atoms with E-state index in [1.165, 1.54) is 12.1 Å². The van der Waals surface area contributed by atoms with Crippen molar-refractivity contribution < 1.29 is 13.6 Å². The van der Waals surface area contributed by atoms with Crippen LogP contribution in [0.1, 0.15) is 28.6 Å². The van der Waals surface area contributed by atoms with Crippen LogP contribution >= 0.6 is 0 Å². The Morgan fingerprint density at radius 1 is 1.27 bits per heavy atom. The van der Waals surface area contributed by atoms with E-state index in [1.54, 1.807) is 24.8 Å². The summed E-state index contributed by atoms with van der Waals surface area (Å²) < 4.78 is 19.0. The molecule has 0 atom stereocenters. The molecule has 0 aliphatic carbocycles. The van der Waals surface area contributed by atoms with E-state index in [-0.39, 0.29) is 17.5 Å². The fraction of sp³-hybridized carbons (Fsp3) is 0.375. The number of aromatic nitrogens is 1. The van der Waals surface area contributed by atoms with E-state index < -0.39 is 0 Å². The molecule has 22 heavy (non-hydrogen) atoms. The van der Waals surface area contributed by atoms with Gasteiger partial charge in [0.2, 0.25) is 5.76 Å². The largest absolute Gasteiger partial charge is 0.436 e. The van der Waals surface area contributed by atoms with Crippen molar-refractivity contribution in [3.63, 3.8) is 0 Å². The summed E-state index contributed by atoms with van der Waals surface area (Å²) in [6.07, 6.45) is 0.796. The molecule has 0 unspecified atom stereocenters. The van der Waals surface area contributed by atoms with E-state index in [4.69, 9.17) is 4.42 Å². The fourth-order valence-electron chi connectivity index (χ4n) is 2.80. The molecule has 0 N–H and O–H groups in total. The summed E-state index contributed by atoms with van der Waals surface area (Å²) in [5, 5.41) is 0. The lowest BCUT2D eigenvalue weighted by Gasteiger charge is -2.23. The van der Waals surface area contributed by atoms with Crippen molar-refractivity contribution in [3.05, 3.63) is 41.4 Å². The Labute approximate surface area is 128 Å². The molecule has 2 aromatic rings. The van der Waals surface area contributed by atoms with Crippen LogP contribution in [0.2, 0.25) is 0 Å². The van der Waals surface area contributed by atoms with Gasteiger partial charge in [-0.2, -0.15) is 0 Å². The van der Waals surface area contributed by atoms with Gasteiger partial charge in [-0.3, -0.25) is 4.79 Å². The van der Waals surface area contributed by atoms with Crippen molar-refractivity contribution >= 4 is 17.3 Å². The van der Waals surface area contributed by atoms with E-state index in [2.05, 4.69) is 4.98 Å². The van der Waals surface area contributed by atoms with Crippen LogP contribution in [0, 0.1) is 19.7 Å². The second kappa shape index (κ2) is 5.44. The van der Waals surface area contributed by atoms with Gasteiger partial charge in [-0.25, -0.2) is 9.37 Å². The highest BCUT2D eigenvalue weighted by Gasteiger charge is 2.28. The van der Waals surface area contributed by atoms with Crippen LogP contribution in [0.3, 0.4) is 0 Å². The number of nitrogens with zero attached hydrogens (tertiary/aromatic N) is 3. The van der Waals surface area contributed by atoms with Gasteiger partial charge in [0.05, 0.1) is 17.1 Å². The Morgan fingerprint density at radius 2 is 2.05 bits per heavy atom. The lowest BCUT2D eigenvalue weighted by atomic mass is 10.2. The minimum atomic E-state index is -0.313. The monoisotopic (exact) mass is 303 g/mol. The van der Waals surface area contributed by atoms with Crippen LogP contribution in [0.15, 0.2) is 22.6 Å². The smallest absolute Gasteiger partial charge is 0.296 e. The van der Waals surface area contributed by atoms with Gasteiger partial charge in [0.25, 0.3) is 5.91 Å². The van der Waals surface area contributed by atoms with Gasteiger partial charge in [-0.05, 0) is 31.5 Å². The lowest BCUT2D eigenvalue weighted by molar-refractivity contribution is 0.0958. The highest BCUT2D eigenvalue weighted by molar-refractivity contribution is 6.06. The number of benzene rings is 1. The number of aryl methyl sites for hydroxylation is 2. The first-order valence-corrected chi connectivity index (χ1v) is 7.24. The third-order valence-electron chi connectivity index (χ3n) is 3.86. The molecule has 1 amide bonds. The first kappa shape index (κ1) is 14.6. The fourth-order valence-corrected chi connectivity index (χ4v) is 2.80. The van der Waals surface area contributed by atoms with Crippen LogP contribution in [-0.2, 0) is 0 Å². The van der Waals surface area contributed by atoms with Crippen molar-refractivity contribution in [2.75, 3.05) is 29.9 Å². The summed E-state index contributed by atoms with van der Waals surface area (Å²) in [6, 6.07) is 4.47. The normalized spacial score (nSPS) is 14.7. The van der Waals surface area contributed by atoms with E-state index in [9.17, 15) is 9.18 Å². The molecular weight excluding hydrogens is 285 g/mol. The highest BCUT2D eigenvalue weighted by Crippen LogP contribution is 2.33. The molecule has 5 nitrogen and oxygen atoms in total. The summed E-state index contributed by atoms with van der Waals surface area (Å²) in [6.45, 7) is 4.78. The zero-order valence-corrected chi connectivity index (χ0v) is 12.9. The van der Waals surface area contributed by atoms with Crippen LogP contribution in [-0.4, -0.2) is 31.0 Å². The van der Waals surface area contributed by atoms with Crippen LogP contribution in [0.5, 0.6) is 0 Å². The van der Waals surface area contributed by atoms with Gasteiger partial charge >= 0.3 is 0 Å². The Hall–Kier alpha value is -2.37. The molecule has 0 radical (unpaired) electrons. The highest BCUT2D eigenvalue weighted by atomic mass is 19.1. The maximum Gasteiger partial charge on any atom is 0.296 e. The van der Waals surface area contributed by atoms with Crippen molar-refractivity contribution in [2.24, 2.45) is 0 Å². The van der Waals surface area contributed by atoms with E-state index in [0.717, 1.165) is 13.0 Å². The second-order valence-electron chi connectivity index (χ2n) is 5.51. The molecule has 0 saturated carbocycles. The van der Waals surface area contributed by atoms with Crippen molar-refractivity contribution in [3.8, 4) is 0 Å². The van der Waals surface area contributed by atoms with Gasteiger partial charge in [0.15, 0.2) is 5.89 Å². The second-order valence-corrected chi connectivity index (χ2v) is 5.51. The Balaban J connectivity index is 2.06. The predicted octanol–water partition coefficient (Wildman–Crippen LogP) is 2.92. The number of fused-ring (bicyclic) bond motifs is 1. The maximum absolute atomic E-state index is 13.6. The summed E-state index contributed by atoms with van der Waals surface area (Å²) in [4.78, 5) is 20.6. The molecule has 1 aliphatic heterocycles. The SMILES string of the molecule is Cc1nc(C)c(C(=O)N2CCCN(C)c3cc(F)ccc32)o1. The number of rotatable bonds is 1. The minimum Gasteiger partial charge on any atom is -0.436 e. The van der Waals surface area contributed by atoms with Crippen molar-refractivity contribution in [2.45, 2.75) is 20.3 Å². The third-order valence-corrected chi connectivity index (χ3v) is 3.86. The summed E-state index contributed by atoms with van der Waals surface area (Å²) in [5.74, 6) is 0.164. The molecule has 1 aromatic carbocycles. The molecule has 2 heterocycles. The van der Waals surface area contributed by atoms with Gasteiger partial charge in [-0.1, -0.05) is 0 Å². The number of halogens is 1. The zero-order valence-electron chi connectivity index (χ0n) is 12.9. The molecule has 1 aliphatic rings. The molecule has 0 spiro atoms. The number of oxazole rings is 1. The average Bonchev–Trinajstić information content (AvgIpc) is 2.72. The molecule has 116 valence electrons. The molecule has 0 bridgehead atoms. The number of anilines is 2. The van der Waals surface area contributed by atoms with Crippen LogP contribution in [0.25, 0.3) is 0 Å². The van der Waals surface area contributed by atoms with E-state index in [1.807, 2.05) is 11.9 Å². The number of amides is 1. The standard InChI is InChI=1S/C16H18FN3O2/c1-10-15(22-11(2)18-10)16(21)20-8-4-7-19(3)14-9-12(17)5-6-13(14)20/h5-6,9H,4,7-8H2,1-3H3. The van der Waals surface area contributed by atoms with E-state index >= 15 is 0 Å². The summed E-state index contributed by atoms with van der Waals surface area (Å²) in [5.41, 5.74) is 1.98. The van der Waals surface area contributed by atoms with Crippen LogP contribution in [0.4, 0.5) is 15.8 Å². The number of hydrogen-bond acceptors (Lipinski definition) is 4. The first-order valence-electron chi connectivity index (χ1n) is 7.24. The topological polar surface area (TPSA) is 49.6 Å². The number of carbonyl (C=O) groups is 1. The zero-order chi connectivity index (χ0) is 15.9. The summed E-state index contributed by atoms with van der Waals surface area (Å²) in [7, 11) is 1.90. The van der Waals surface area contributed by atoms with Crippen LogP contribution < -0.4 is 9.80 Å². The Kier molecular flexibility index (Phi) is 3.60. The number of carbonyl (C=O) groups excluding carboxylic acids is 1. The first-order chi connectivity index (χ1) is 10.5. The van der Waals surface area contributed by atoms with Crippen molar-refractivity contribution in [1.29, 1.82) is 0 Å². The summed E-state index contributed by atoms with van der Waals surface area (Å²) >= 11 is 0. The van der Waals surface area contributed by atoms with Gasteiger partial charge in [-0.15, -0.1) is 0 Å². The third kappa shape index (κ3) is 2.45. The maximum atomic E-state index is 13.6. The molecule has 1 aromatic heterocycles.